The summed E-state index contributed by atoms with van der Waals surface area (Å²) >= 11 is 1.57. The molecule has 0 fully saturated rings. The van der Waals surface area contributed by atoms with Crippen molar-refractivity contribution >= 4 is 11.3 Å². The van der Waals surface area contributed by atoms with E-state index in [1.807, 2.05) is 12.3 Å². The highest BCUT2D eigenvalue weighted by molar-refractivity contribution is 7.09. The molecule has 2 nitrogen and oxygen atoms in total. The minimum Gasteiger partial charge on any atom is -0.312 e. The van der Waals surface area contributed by atoms with Crippen LogP contribution in [0.4, 0.5) is 13.2 Å². The Hall–Kier alpha value is -1.40. The Morgan fingerprint density at radius 3 is 2.58 bits per heavy atom. The van der Waals surface area contributed by atoms with Crippen molar-refractivity contribution < 1.29 is 13.2 Å². The van der Waals surface area contributed by atoms with Crippen LogP contribution in [0.25, 0.3) is 0 Å². The maximum Gasteiger partial charge on any atom is 0.161 e. The van der Waals surface area contributed by atoms with Gasteiger partial charge in [-0.2, -0.15) is 0 Å². The van der Waals surface area contributed by atoms with Gasteiger partial charge in [-0.1, -0.05) is 0 Å². The molecular formula is C13H13F3N2S. The molecule has 0 saturated heterocycles. The Bertz CT molecular complexity index is 569. The lowest BCUT2D eigenvalue weighted by atomic mass is 10.2. The predicted molar refractivity (Wildman–Crippen MR) is 68.6 cm³/mol. The van der Waals surface area contributed by atoms with Gasteiger partial charge in [0.25, 0.3) is 0 Å². The molecule has 6 heteroatoms. The molecule has 2 rings (SSSR count). The molecule has 2 aromatic rings. The fourth-order valence-electron chi connectivity index (χ4n) is 1.66. The monoisotopic (exact) mass is 286 g/mol. The fourth-order valence-corrected chi connectivity index (χ4v) is 2.31. The van der Waals surface area contributed by atoms with Crippen molar-refractivity contribution in [3.8, 4) is 0 Å². The first-order valence-corrected chi connectivity index (χ1v) is 6.69. The number of hydrogen-bond donors (Lipinski definition) is 1. The van der Waals surface area contributed by atoms with E-state index in [0.717, 1.165) is 23.2 Å². The van der Waals surface area contributed by atoms with E-state index in [1.54, 1.807) is 11.3 Å². The zero-order valence-corrected chi connectivity index (χ0v) is 11.2. The van der Waals surface area contributed by atoms with Crippen LogP contribution in [0, 0.1) is 24.4 Å². The molecule has 19 heavy (non-hydrogen) atoms. The van der Waals surface area contributed by atoms with Gasteiger partial charge in [-0.3, -0.25) is 0 Å². The standard InChI is InChI=1S/C13H13F3N2S/c1-8-18-10(7-19-8)2-3-17-6-9-4-12(15)13(16)5-11(9)14/h4-5,7,17H,2-3,6H2,1H3. The summed E-state index contributed by atoms with van der Waals surface area (Å²) in [4.78, 5) is 4.29. The summed E-state index contributed by atoms with van der Waals surface area (Å²) in [5, 5.41) is 5.95. The molecule has 0 saturated carbocycles. The average Bonchev–Trinajstić information content (AvgIpc) is 2.77. The second-order valence-electron chi connectivity index (χ2n) is 4.14. The molecule has 0 unspecified atom stereocenters. The third-order valence-electron chi connectivity index (χ3n) is 2.63. The summed E-state index contributed by atoms with van der Waals surface area (Å²) < 4.78 is 39.0. The van der Waals surface area contributed by atoms with Gasteiger partial charge in [-0.15, -0.1) is 11.3 Å². The number of hydrogen-bond acceptors (Lipinski definition) is 3. The van der Waals surface area contributed by atoms with E-state index in [1.165, 1.54) is 0 Å². The Morgan fingerprint density at radius 1 is 1.16 bits per heavy atom. The van der Waals surface area contributed by atoms with Crippen LogP contribution in [0.5, 0.6) is 0 Å². The number of nitrogens with zero attached hydrogens (tertiary/aromatic N) is 1. The van der Waals surface area contributed by atoms with E-state index in [2.05, 4.69) is 10.3 Å². The molecule has 0 amide bonds. The number of thiazole rings is 1. The van der Waals surface area contributed by atoms with E-state index >= 15 is 0 Å². The molecule has 0 aliphatic heterocycles. The van der Waals surface area contributed by atoms with Gasteiger partial charge >= 0.3 is 0 Å². The molecule has 1 aromatic carbocycles. The third kappa shape index (κ3) is 3.78. The zero-order chi connectivity index (χ0) is 13.8. The lowest BCUT2D eigenvalue weighted by Gasteiger charge is -2.06. The lowest BCUT2D eigenvalue weighted by molar-refractivity contribution is 0.487. The van der Waals surface area contributed by atoms with Crippen LogP contribution in [-0.2, 0) is 13.0 Å². The summed E-state index contributed by atoms with van der Waals surface area (Å²) in [6.45, 7) is 2.69. The number of rotatable bonds is 5. The molecule has 1 N–H and O–H groups in total. The largest absolute Gasteiger partial charge is 0.312 e. The molecule has 1 heterocycles. The van der Waals surface area contributed by atoms with Crippen LogP contribution in [0.15, 0.2) is 17.5 Å². The highest BCUT2D eigenvalue weighted by atomic mass is 32.1. The van der Waals surface area contributed by atoms with Gasteiger partial charge in [-0.25, -0.2) is 18.2 Å². The third-order valence-corrected chi connectivity index (χ3v) is 3.45. The van der Waals surface area contributed by atoms with Gasteiger partial charge in [0.2, 0.25) is 0 Å². The molecule has 0 radical (unpaired) electrons. The van der Waals surface area contributed by atoms with Crippen LogP contribution in [0.3, 0.4) is 0 Å². The van der Waals surface area contributed by atoms with Gasteiger partial charge in [0.1, 0.15) is 5.82 Å². The SMILES string of the molecule is Cc1nc(CCNCc2cc(F)c(F)cc2F)cs1. The van der Waals surface area contributed by atoms with Crippen molar-refractivity contribution in [3.05, 3.63) is 51.2 Å². The van der Waals surface area contributed by atoms with E-state index < -0.39 is 17.5 Å². The van der Waals surface area contributed by atoms with Gasteiger partial charge in [0, 0.05) is 36.5 Å². The molecule has 0 atom stereocenters. The summed E-state index contributed by atoms with van der Waals surface area (Å²) in [6.07, 6.45) is 0.718. The highest BCUT2D eigenvalue weighted by Crippen LogP contribution is 2.13. The van der Waals surface area contributed by atoms with E-state index in [-0.39, 0.29) is 12.1 Å². The van der Waals surface area contributed by atoms with Gasteiger partial charge < -0.3 is 5.32 Å². The summed E-state index contributed by atoms with van der Waals surface area (Å²) in [5.41, 5.74) is 1.09. The summed E-state index contributed by atoms with van der Waals surface area (Å²) in [7, 11) is 0. The second-order valence-corrected chi connectivity index (χ2v) is 5.20. The van der Waals surface area contributed by atoms with E-state index in [9.17, 15) is 13.2 Å². The summed E-state index contributed by atoms with van der Waals surface area (Å²) in [5.74, 6) is -2.94. The maximum atomic E-state index is 13.3. The van der Waals surface area contributed by atoms with Crippen molar-refractivity contribution in [2.45, 2.75) is 19.9 Å². The minimum absolute atomic E-state index is 0.119. The van der Waals surface area contributed by atoms with Gasteiger partial charge in [0.15, 0.2) is 11.6 Å². The van der Waals surface area contributed by atoms with Crippen molar-refractivity contribution in [1.29, 1.82) is 0 Å². The van der Waals surface area contributed by atoms with Crippen LogP contribution in [0.1, 0.15) is 16.3 Å². The maximum absolute atomic E-state index is 13.3. The Labute approximate surface area is 113 Å². The van der Waals surface area contributed by atoms with Crippen molar-refractivity contribution in [1.82, 2.24) is 10.3 Å². The van der Waals surface area contributed by atoms with E-state index in [4.69, 9.17) is 0 Å². The number of nitrogens with one attached hydrogen (secondary N) is 1. The minimum atomic E-state index is -1.17. The van der Waals surface area contributed by atoms with Crippen molar-refractivity contribution in [2.24, 2.45) is 0 Å². The number of aryl methyl sites for hydroxylation is 1. The van der Waals surface area contributed by atoms with Crippen molar-refractivity contribution in [2.75, 3.05) is 6.54 Å². The molecule has 0 bridgehead atoms. The predicted octanol–water partition coefficient (Wildman–Crippen LogP) is 3.20. The summed E-state index contributed by atoms with van der Waals surface area (Å²) in [6, 6.07) is 1.45. The highest BCUT2D eigenvalue weighted by Gasteiger charge is 2.09. The van der Waals surface area contributed by atoms with E-state index in [0.29, 0.717) is 12.6 Å². The number of benzene rings is 1. The smallest absolute Gasteiger partial charge is 0.161 e. The molecule has 0 aliphatic rings. The lowest BCUT2D eigenvalue weighted by Crippen LogP contribution is -2.18. The molecule has 0 spiro atoms. The van der Waals surface area contributed by atoms with Crippen LogP contribution < -0.4 is 5.32 Å². The van der Waals surface area contributed by atoms with Crippen LogP contribution >= 0.6 is 11.3 Å². The van der Waals surface area contributed by atoms with Crippen molar-refractivity contribution in [3.63, 3.8) is 0 Å². The normalized spacial score (nSPS) is 10.9. The van der Waals surface area contributed by atoms with Gasteiger partial charge in [-0.05, 0) is 13.0 Å². The molecule has 1 aromatic heterocycles. The zero-order valence-electron chi connectivity index (χ0n) is 10.3. The first-order valence-electron chi connectivity index (χ1n) is 5.81. The fraction of sp³-hybridized carbons (Fsp3) is 0.308. The number of halogens is 3. The Balaban J connectivity index is 1.84. The quantitative estimate of drug-likeness (QED) is 0.674. The van der Waals surface area contributed by atoms with Gasteiger partial charge in [0.05, 0.1) is 10.7 Å². The second kappa shape index (κ2) is 6.16. The van der Waals surface area contributed by atoms with Crippen LogP contribution in [0.2, 0.25) is 0 Å². The average molecular weight is 286 g/mol. The Kier molecular flexibility index (Phi) is 4.55. The number of aromatic nitrogens is 1. The molecule has 0 aliphatic carbocycles. The molecule has 102 valence electrons. The topological polar surface area (TPSA) is 24.9 Å². The molecular weight excluding hydrogens is 273 g/mol. The first kappa shape index (κ1) is 14.0. The first-order chi connectivity index (χ1) is 9.06. The van der Waals surface area contributed by atoms with Crippen LogP contribution in [-0.4, -0.2) is 11.5 Å². The Morgan fingerprint density at radius 2 is 1.89 bits per heavy atom.